The molecule has 0 atom stereocenters. The van der Waals surface area contributed by atoms with Crippen LogP contribution in [0.15, 0.2) is 30.4 Å². The zero-order valence-corrected chi connectivity index (χ0v) is 9.88. The number of thiocarbonyl (C=S) groups is 1. The smallest absolute Gasteiger partial charge is 0.121 e. The third-order valence-corrected chi connectivity index (χ3v) is 2.67. The van der Waals surface area contributed by atoms with E-state index in [9.17, 15) is 0 Å². The van der Waals surface area contributed by atoms with Crippen LogP contribution in [0, 0.1) is 11.3 Å². The lowest BCUT2D eigenvalue weighted by atomic mass is 10.3. The van der Waals surface area contributed by atoms with E-state index in [1.165, 1.54) is 0 Å². The third-order valence-electron chi connectivity index (χ3n) is 1.59. The summed E-state index contributed by atoms with van der Waals surface area (Å²) in [6.07, 6.45) is 0. The highest BCUT2D eigenvalue weighted by Crippen LogP contribution is 2.25. The van der Waals surface area contributed by atoms with Crippen LogP contribution in [-0.2, 0) is 0 Å². The Morgan fingerprint density at radius 2 is 2.07 bits per heavy atom. The first-order valence-electron chi connectivity index (χ1n) is 3.90. The Morgan fingerprint density at radius 3 is 2.60 bits per heavy atom. The van der Waals surface area contributed by atoms with Crippen molar-refractivity contribution in [3.63, 3.8) is 0 Å². The molecule has 1 aromatic rings. The van der Waals surface area contributed by atoms with Crippen LogP contribution >= 0.6 is 35.4 Å². The summed E-state index contributed by atoms with van der Waals surface area (Å²) in [7, 11) is 0. The van der Waals surface area contributed by atoms with Crippen molar-refractivity contribution in [2.75, 3.05) is 5.32 Å². The second-order valence-electron chi connectivity index (χ2n) is 2.67. The lowest BCUT2D eigenvalue weighted by molar-refractivity contribution is 1.52. The van der Waals surface area contributed by atoms with Crippen LogP contribution in [0.25, 0.3) is 0 Å². The van der Waals surface area contributed by atoms with Crippen molar-refractivity contribution in [2.24, 2.45) is 0 Å². The number of anilines is 1. The van der Waals surface area contributed by atoms with Crippen LogP contribution in [0.5, 0.6) is 0 Å². The van der Waals surface area contributed by atoms with E-state index in [-0.39, 0.29) is 10.6 Å². The summed E-state index contributed by atoms with van der Waals surface area (Å²) in [5, 5.41) is 12.3. The number of hydrogen-bond donors (Lipinski definition) is 1. The quantitative estimate of drug-likeness (QED) is 0.497. The summed E-state index contributed by atoms with van der Waals surface area (Å²) in [5.74, 6) is 0. The van der Waals surface area contributed by atoms with Gasteiger partial charge in [0.1, 0.15) is 11.1 Å². The lowest BCUT2D eigenvalue weighted by Crippen LogP contribution is -2.10. The van der Waals surface area contributed by atoms with Gasteiger partial charge in [-0.05, 0) is 18.2 Å². The van der Waals surface area contributed by atoms with Gasteiger partial charge in [-0.15, -0.1) is 0 Å². The molecule has 5 heteroatoms. The Balaban J connectivity index is 2.83. The molecule has 1 aromatic carbocycles. The van der Waals surface area contributed by atoms with E-state index < -0.39 is 0 Å². The zero-order valence-electron chi connectivity index (χ0n) is 7.55. The first-order valence-corrected chi connectivity index (χ1v) is 5.06. The Morgan fingerprint density at radius 1 is 1.40 bits per heavy atom. The average molecular weight is 257 g/mol. The van der Waals surface area contributed by atoms with E-state index in [1.807, 2.05) is 6.07 Å². The van der Waals surface area contributed by atoms with Crippen molar-refractivity contribution in [3.8, 4) is 6.07 Å². The first-order chi connectivity index (χ1) is 7.04. The van der Waals surface area contributed by atoms with Crippen LogP contribution in [0.2, 0.25) is 10.0 Å². The maximum atomic E-state index is 8.56. The topological polar surface area (TPSA) is 35.8 Å². The van der Waals surface area contributed by atoms with Crippen LogP contribution < -0.4 is 5.32 Å². The molecule has 0 aliphatic carbocycles. The standard InChI is InChI=1S/C10H6Cl2N2S/c1-6(5-13)10(15)14-7-2-3-8(11)9(12)4-7/h2-4H,1H2,(H,14,15). The van der Waals surface area contributed by atoms with Gasteiger partial charge in [-0.1, -0.05) is 42.0 Å². The molecule has 0 fully saturated rings. The van der Waals surface area contributed by atoms with E-state index in [4.69, 9.17) is 40.7 Å². The van der Waals surface area contributed by atoms with Gasteiger partial charge in [-0.2, -0.15) is 5.26 Å². The number of nitrogens with one attached hydrogen (secondary N) is 1. The Kier molecular flexibility index (Phi) is 4.10. The molecule has 0 bridgehead atoms. The van der Waals surface area contributed by atoms with Crippen LogP contribution in [-0.4, -0.2) is 4.99 Å². The fourth-order valence-electron chi connectivity index (χ4n) is 0.831. The Hall–Kier alpha value is -1.08. The second-order valence-corrected chi connectivity index (χ2v) is 3.90. The summed E-state index contributed by atoms with van der Waals surface area (Å²) >= 11 is 16.5. The molecular weight excluding hydrogens is 251 g/mol. The summed E-state index contributed by atoms with van der Waals surface area (Å²) in [6, 6.07) is 6.84. The molecule has 0 heterocycles. The molecule has 15 heavy (non-hydrogen) atoms. The molecule has 1 N–H and O–H groups in total. The maximum Gasteiger partial charge on any atom is 0.121 e. The number of nitriles is 1. The minimum absolute atomic E-state index is 0.205. The third kappa shape index (κ3) is 3.21. The van der Waals surface area contributed by atoms with E-state index >= 15 is 0 Å². The molecule has 1 rings (SSSR count). The highest BCUT2D eigenvalue weighted by molar-refractivity contribution is 7.81. The first kappa shape index (κ1) is 12.0. The number of nitrogens with zero attached hydrogens (tertiary/aromatic N) is 1. The largest absolute Gasteiger partial charge is 0.345 e. The number of hydrogen-bond acceptors (Lipinski definition) is 2. The predicted octanol–water partition coefficient (Wildman–Crippen LogP) is 3.81. The summed E-state index contributed by atoms with van der Waals surface area (Å²) in [5.41, 5.74) is 0.877. The van der Waals surface area contributed by atoms with Gasteiger partial charge in [0.05, 0.1) is 15.6 Å². The van der Waals surface area contributed by atoms with E-state index in [1.54, 1.807) is 18.2 Å². The monoisotopic (exact) mass is 256 g/mol. The maximum absolute atomic E-state index is 8.56. The van der Waals surface area contributed by atoms with Gasteiger partial charge in [0.2, 0.25) is 0 Å². The fourth-order valence-corrected chi connectivity index (χ4v) is 1.29. The van der Waals surface area contributed by atoms with Crippen LogP contribution in [0.1, 0.15) is 0 Å². The van der Waals surface area contributed by atoms with Crippen molar-refractivity contribution >= 4 is 46.1 Å². The van der Waals surface area contributed by atoms with Crippen molar-refractivity contribution in [3.05, 3.63) is 40.4 Å². The summed E-state index contributed by atoms with van der Waals surface area (Å²) in [6.45, 7) is 3.49. The van der Waals surface area contributed by atoms with Gasteiger partial charge < -0.3 is 5.32 Å². The van der Waals surface area contributed by atoms with Crippen molar-refractivity contribution in [1.29, 1.82) is 5.26 Å². The molecule has 0 aliphatic rings. The Bertz CT molecular complexity index is 463. The number of rotatable bonds is 2. The van der Waals surface area contributed by atoms with Gasteiger partial charge in [0.15, 0.2) is 0 Å². The molecule has 76 valence electrons. The molecule has 0 aliphatic heterocycles. The number of benzene rings is 1. The molecule has 2 nitrogen and oxygen atoms in total. The minimum atomic E-state index is 0.205. The molecule has 0 saturated carbocycles. The van der Waals surface area contributed by atoms with Crippen LogP contribution in [0.4, 0.5) is 5.69 Å². The fraction of sp³-hybridized carbons (Fsp3) is 0. The molecule has 0 unspecified atom stereocenters. The van der Waals surface area contributed by atoms with Gasteiger partial charge in [0.25, 0.3) is 0 Å². The molecule has 0 aromatic heterocycles. The Labute approximate surface area is 103 Å². The molecular formula is C10H6Cl2N2S. The van der Waals surface area contributed by atoms with Gasteiger partial charge in [-0.3, -0.25) is 0 Å². The van der Waals surface area contributed by atoms with E-state index in [0.29, 0.717) is 15.7 Å². The highest BCUT2D eigenvalue weighted by atomic mass is 35.5. The lowest BCUT2D eigenvalue weighted by Gasteiger charge is -2.06. The van der Waals surface area contributed by atoms with Gasteiger partial charge >= 0.3 is 0 Å². The second kappa shape index (κ2) is 5.13. The van der Waals surface area contributed by atoms with Gasteiger partial charge in [-0.25, -0.2) is 0 Å². The van der Waals surface area contributed by atoms with Crippen molar-refractivity contribution in [2.45, 2.75) is 0 Å². The van der Waals surface area contributed by atoms with E-state index in [0.717, 1.165) is 0 Å². The van der Waals surface area contributed by atoms with Crippen molar-refractivity contribution in [1.82, 2.24) is 0 Å². The highest BCUT2D eigenvalue weighted by Gasteiger charge is 2.03. The predicted molar refractivity (Wildman–Crippen MR) is 67.4 cm³/mol. The van der Waals surface area contributed by atoms with E-state index in [2.05, 4.69) is 11.9 Å². The molecule has 0 spiro atoms. The zero-order chi connectivity index (χ0) is 11.4. The summed E-state index contributed by atoms with van der Waals surface area (Å²) in [4.78, 5) is 0.274. The summed E-state index contributed by atoms with van der Waals surface area (Å²) < 4.78 is 0. The van der Waals surface area contributed by atoms with Gasteiger partial charge in [0, 0.05) is 5.69 Å². The minimum Gasteiger partial charge on any atom is -0.345 e. The SMILES string of the molecule is C=C(C#N)C(=S)Nc1ccc(Cl)c(Cl)c1. The average Bonchev–Trinajstić information content (AvgIpc) is 2.22. The normalized spacial score (nSPS) is 9.13. The van der Waals surface area contributed by atoms with Crippen LogP contribution in [0.3, 0.4) is 0 Å². The molecule has 0 saturated heterocycles. The molecule has 0 amide bonds. The number of halogens is 2. The molecule has 0 radical (unpaired) electrons. The van der Waals surface area contributed by atoms with Crippen molar-refractivity contribution < 1.29 is 0 Å².